The van der Waals surface area contributed by atoms with Crippen LogP contribution in [0.1, 0.15) is 26.7 Å². The van der Waals surface area contributed by atoms with Crippen molar-refractivity contribution in [3.05, 3.63) is 11.8 Å². The lowest BCUT2D eigenvalue weighted by Gasteiger charge is -2.19. The molecule has 2 aliphatic rings. The van der Waals surface area contributed by atoms with E-state index in [0.29, 0.717) is 18.7 Å². The number of rotatable bonds is 3. The molecular formula is C13H16N2O5. The Hall–Kier alpha value is -2.18. The van der Waals surface area contributed by atoms with Crippen LogP contribution in [0.15, 0.2) is 11.8 Å². The highest BCUT2D eigenvalue weighted by Gasteiger charge is 2.64. The first-order valence-electron chi connectivity index (χ1n) is 6.37. The molecular weight excluding hydrogens is 264 g/mol. The Morgan fingerprint density at radius 2 is 2.00 bits per heavy atom. The van der Waals surface area contributed by atoms with Crippen molar-refractivity contribution in [2.24, 2.45) is 0 Å². The number of hydrogen-bond acceptors (Lipinski definition) is 5. The number of imide groups is 1. The van der Waals surface area contributed by atoms with E-state index in [1.807, 2.05) is 6.92 Å². The smallest absolute Gasteiger partial charge is 0.417 e. The molecule has 2 rings (SSSR count). The maximum Gasteiger partial charge on any atom is 0.417 e. The summed E-state index contributed by atoms with van der Waals surface area (Å²) in [6.45, 7) is 3.60. The van der Waals surface area contributed by atoms with E-state index in [1.165, 1.54) is 24.9 Å². The molecule has 2 aliphatic heterocycles. The fourth-order valence-corrected chi connectivity index (χ4v) is 2.47. The highest BCUT2D eigenvalue weighted by Crippen LogP contribution is 2.39. The van der Waals surface area contributed by atoms with Gasteiger partial charge in [0.15, 0.2) is 5.78 Å². The van der Waals surface area contributed by atoms with Gasteiger partial charge in [0.2, 0.25) is 0 Å². The van der Waals surface area contributed by atoms with Crippen LogP contribution in [0.2, 0.25) is 0 Å². The van der Waals surface area contributed by atoms with E-state index in [2.05, 4.69) is 0 Å². The van der Waals surface area contributed by atoms with Gasteiger partial charge in [-0.2, -0.15) is 0 Å². The first-order valence-corrected chi connectivity index (χ1v) is 6.37. The SMILES string of the molecule is CCCN1C(=O)[C@@]2(C/C1=C\C(C)=O)OC(=O)N(C)C2=O. The number of likely N-dealkylation sites (N-methyl/N-ethyl adjacent to an activating group) is 1. The Labute approximate surface area is 116 Å². The van der Waals surface area contributed by atoms with Crippen LogP contribution in [0.25, 0.3) is 0 Å². The Morgan fingerprint density at radius 1 is 1.35 bits per heavy atom. The van der Waals surface area contributed by atoms with Crippen molar-refractivity contribution in [1.82, 2.24) is 9.80 Å². The summed E-state index contributed by atoms with van der Waals surface area (Å²) in [6.07, 6.45) is 1.04. The topological polar surface area (TPSA) is 84.0 Å². The Morgan fingerprint density at radius 3 is 2.45 bits per heavy atom. The fourth-order valence-electron chi connectivity index (χ4n) is 2.47. The fraction of sp³-hybridized carbons (Fsp3) is 0.538. The van der Waals surface area contributed by atoms with Gasteiger partial charge in [-0.15, -0.1) is 0 Å². The predicted octanol–water partition coefficient (Wildman–Crippen LogP) is 0.449. The summed E-state index contributed by atoms with van der Waals surface area (Å²) in [7, 11) is 1.27. The molecule has 2 saturated heterocycles. The second-order valence-electron chi connectivity index (χ2n) is 4.94. The minimum absolute atomic E-state index is 0.0830. The number of nitrogens with zero attached hydrogens (tertiary/aromatic N) is 2. The Balaban J connectivity index is 2.44. The third-order valence-electron chi connectivity index (χ3n) is 3.37. The normalized spacial score (nSPS) is 27.9. The molecule has 20 heavy (non-hydrogen) atoms. The summed E-state index contributed by atoms with van der Waals surface area (Å²) in [5.41, 5.74) is -1.40. The van der Waals surface area contributed by atoms with Crippen molar-refractivity contribution in [3.8, 4) is 0 Å². The average Bonchev–Trinajstić information content (AvgIpc) is 2.74. The summed E-state index contributed by atoms with van der Waals surface area (Å²) in [4.78, 5) is 49.5. The molecule has 1 atom stereocenters. The molecule has 0 unspecified atom stereocenters. The zero-order valence-electron chi connectivity index (χ0n) is 11.6. The van der Waals surface area contributed by atoms with Crippen molar-refractivity contribution >= 4 is 23.7 Å². The van der Waals surface area contributed by atoms with Gasteiger partial charge in [0.1, 0.15) is 0 Å². The lowest BCUT2D eigenvalue weighted by molar-refractivity contribution is -0.150. The van der Waals surface area contributed by atoms with Crippen LogP contribution in [0.4, 0.5) is 4.79 Å². The van der Waals surface area contributed by atoms with Crippen LogP contribution in [0.5, 0.6) is 0 Å². The molecule has 108 valence electrons. The molecule has 7 heteroatoms. The second-order valence-corrected chi connectivity index (χ2v) is 4.94. The number of carbonyl (C=O) groups is 4. The van der Waals surface area contributed by atoms with Crippen molar-refractivity contribution < 1.29 is 23.9 Å². The summed E-state index contributed by atoms with van der Waals surface area (Å²) < 4.78 is 5.03. The number of likely N-dealkylation sites (tertiary alicyclic amines) is 1. The molecule has 0 aromatic carbocycles. The monoisotopic (exact) mass is 280 g/mol. The van der Waals surface area contributed by atoms with E-state index < -0.39 is 23.5 Å². The number of allylic oxidation sites excluding steroid dienone is 1. The van der Waals surface area contributed by atoms with Crippen LogP contribution < -0.4 is 0 Å². The quantitative estimate of drug-likeness (QED) is 0.553. The lowest BCUT2D eigenvalue weighted by Crippen LogP contribution is -2.47. The van der Waals surface area contributed by atoms with Crippen molar-refractivity contribution in [3.63, 3.8) is 0 Å². The zero-order valence-corrected chi connectivity index (χ0v) is 11.6. The van der Waals surface area contributed by atoms with Gasteiger partial charge in [-0.1, -0.05) is 6.92 Å². The first kappa shape index (κ1) is 14.2. The molecule has 0 N–H and O–H groups in total. The third-order valence-corrected chi connectivity index (χ3v) is 3.37. The van der Waals surface area contributed by atoms with Crippen LogP contribution in [-0.4, -0.2) is 52.7 Å². The van der Waals surface area contributed by atoms with Crippen molar-refractivity contribution in [1.29, 1.82) is 0 Å². The molecule has 0 saturated carbocycles. The van der Waals surface area contributed by atoms with Gasteiger partial charge < -0.3 is 9.64 Å². The highest BCUT2D eigenvalue weighted by molar-refractivity contribution is 6.19. The largest absolute Gasteiger partial charge is 0.422 e. The van der Waals surface area contributed by atoms with Crippen LogP contribution in [-0.2, 0) is 19.1 Å². The Bertz CT molecular complexity index is 539. The summed E-state index contributed by atoms with van der Waals surface area (Å²) in [6, 6.07) is 0. The van der Waals surface area contributed by atoms with E-state index >= 15 is 0 Å². The molecule has 0 aliphatic carbocycles. The third kappa shape index (κ3) is 1.90. The number of amides is 3. The summed E-state index contributed by atoms with van der Waals surface area (Å²) in [5, 5.41) is 0. The number of ether oxygens (including phenoxy) is 1. The Kier molecular flexibility index (Phi) is 3.37. The summed E-state index contributed by atoms with van der Waals surface area (Å²) in [5.74, 6) is -1.48. The average molecular weight is 280 g/mol. The van der Waals surface area contributed by atoms with E-state index in [1.54, 1.807) is 0 Å². The molecule has 3 amide bonds. The lowest BCUT2D eigenvalue weighted by atomic mass is 10.0. The van der Waals surface area contributed by atoms with Gasteiger partial charge in [-0.05, 0) is 13.3 Å². The predicted molar refractivity (Wildman–Crippen MR) is 67.4 cm³/mol. The number of hydrogen-bond donors (Lipinski definition) is 0. The minimum atomic E-state index is -1.82. The molecule has 0 radical (unpaired) electrons. The maximum absolute atomic E-state index is 12.5. The standard InChI is InChI=1S/C13H16N2O5/c1-4-5-15-9(6-8(2)16)7-13(11(15)18)10(17)14(3)12(19)20-13/h6H,4-5,7H2,1-3H3/b9-6+/t13-/m0/s1. The van der Waals surface area contributed by atoms with E-state index in [4.69, 9.17) is 4.74 Å². The van der Waals surface area contributed by atoms with E-state index in [-0.39, 0.29) is 12.2 Å². The van der Waals surface area contributed by atoms with Crippen LogP contribution in [0, 0.1) is 0 Å². The zero-order chi connectivity index (χ0) is 15.1. The van der Waals surface area contributed by atoms with Gasteiger partial charge in [-0.3, -0.25) is 14.4 Å². The molecule has 1 spiro atoms. The number of ketones is 1. The van der Waals surface area contributed by atoms with Gasteiger partial charge in [0.25, 0.3) is 17.4 Å². The minimum Gasteiger partial charge on any atom is -0.422 e. The van der Waals surface area contributed by atoms with Crippen molar-refractivity contribution in [2.75, 3.05) is 13.6 Å². The van der Waals surface area contributed by atoms with Gasteiger partial charge in [-0.25, -0.2) is 9.69 Å². The number of carbonyl (C=O) groups excluding carboxylic acids is 4. The van der Waals surface area contributed by atoms with Gasteiger partial charge in [0.05, 0.1) is 0 Å². The van der Waals surface area contributed by atoms with Gasteiger partial charge >= 0.3 is 6.09 Å². The van der Waals surface area contributed by atoms with Crippen LogP contribution >= 0.6 is 0 Å². The molecule has 0 bridgehead atoms. The first-order chi connectivity index (χ1) is 9.33. The molecule has 2 fully saturated rings. The molecule has 0 aromatic heterocycles. The van der Waals surface area contributed by atoms with Gasteiger partial charge in [0, 0.05) is 31.8 Å². The van der Waals surface area contributed by atoms with Crippen molar-refractivity contribution in [2.45, 2.75) is 32.3 Å². The highest BCUT2D eigenvalue weighted by atomic mass is 16.6. The molecule has 0 aromatic rings. The van der Waals surface area contributed by atoms with E-state index in [9.17, 15) is 19.2 Å². The second kappa shape index (κ2) is 4.73. The van der Waals surface area contributed by atoms with Crippen LogP contribution in [0.3, 0.4) is 0 Å². The van der Waals surface area contributed by atoms with E-state index in [0.717, 1.165) is 4.90 Å². The maximum atomic E-state index is 12.5. The molecule has 2 heterocycles. The summed E-state index contributed by atoms with van der Waals surface area (Å²) >= 11 is 0. The molecule has 7 nitrogen and oxygen atoms in total.